The molecule has 0 saturated heterocycles. The summed E-state index contributed by atoms with van der Waals surface area (Å²) < 4.78 is 40.6. The number of nitrogens with two attached hydrogens (primary N) is 1. The van der Waals surface area contributed by atoms with Crippen LogP contribution in [0.2, 0.25) is 0 Å². The molecule has 0 bridgehead atoms. The Morgan fingerprint density at radius 3 is 2.12 bits per heavy atom. The van der Waals surface area contributed by atoms with Gasteiger partial charge in [-0.2, -0.15) is 13.2 Å². The van der Waals surface area contributed by atoms with Crippen LogP contribution < -0.4 is 21.1 Å². The molecule has 0 unspecified atom stereocenters. The number of ether oxygens (including phenoxy) is 1. The third-order valence-electron chi connectivity index (χ3n) is 2.79. The summed E-state index contributed by atoms with van der Waals surface area (Å²) in [7, 11) is 0. The number of aromatic nitrogens is 1. The molecule has 1 aromatic carbocycles. The van der Waals surface area contributed by atoms with E-state index in [0.717, 1.165) is 6.20 Å². The first-order chi connectivity index (χ1) is 11.7. The molecular formula is C15H13F3N4O3. The van der Waals surface area contributed by atoms with Gasteiger partial charge in [-0.3, -0.25) is 4.79 Å². The molecule has 10 heteroatoms. The van der Waals surface area contributed by atoms with Gasteiger partial charge in [-0.25, -0.2) is 9.78 Å². The number of hydrogen-bond donors (Lipinski definition) is 3. The quantitative estimate of drug-likeness (QED) is 0.767. The van der Waals surface area contributed by atoms with Gasteiger partial charge < -0.3 is 21.1 Å². The molecule has 1 heterocycles. The SMILES string of the molecule is NC(=O)Nc1ccc(NC(=O)c2ccc(OCC(F)(F)F)nc2)cc1. The van der Waals surface area contributed by atoms with Gasteiger partial charge in [0.2, 0.25) is 5.88 Å². The monoisotopic (exact) mass is 354 g/mol. The van der Waals surface area contributed by atoms with Crippen LogP contribution in [0, 0.1) is 0 Å². The molecule has 2 rings (SSSR count). The Kier molecular flexibility index (Phi) is 5.42. The fraction of sp³-hybridized carbons (Fsp3) is 0.133. The summed E-state index contributed by atoms with van der Waals surface area (Å²) in [5.74, 6) is -0.749. The van der Waals surface area contributed by atoms with Crippen LogP contribution in [0.4, 0.5) is 29.3 Å². The second-order valence-corrected chi connectivity index (χ2v) is 4.81. The summed E-state index contributed by atoms with van der Waals surface area (Å²) in [6.07, 6.45) is -3.36. The summed E-state index contributed by atoms with van der Waals surface area (Å²) in [5, 5.41) is 4.94. The Hall–Kier alpha value is -3.30. The topological polar surface area (TPSA) is 106 Å². The highest BCUT2D eigenvalue weighted by atomic mass is 19.4. The van der Waals surface area contributed by atoms with Crippen molar-refractivity contribution in [1.82, 2.24) is 4.98 Å². The van der Waals surface area contributed by atoms with E-state index in [2.05, 4.69) is 20.4 Å². The van der Waals surface area contributed by atoms with Gasteiger partial charge in [0.15, 0.2) is 6.61 Å². The highest BCUT2D eigenvalue weighted by molar-refractivity contribution is 6.04. The standard InChI is InChI=1S/C15H13F3N4O3/c16-15(17,18)8-25-12-6-1-9(7-20-12)13(23)21-10-2-4-11(5-3-10)22-14(19)24/h1-7H,8H2,(H,21,23)(H3,19,22,24). The largest absolute Gasteiger partial charge is 0.468 e. The molecule has 132 valence electrons. The maximum atomic E-state index is 12.0. The lowest BCUT2D eigenvalue weighted by atomic mass is 10.2. The van der Waals surface area contributed by atoms with Crippen LogP contribution >= 0.6 is 0 Å². The van der Waals surface area contributed by atoms with E-state index in [1.165, 1.54) is 36.4 Å². The van der Waals surface area contributed by atoms with Gasteiger partial charge in [0.05, 0.1) is 5.56 Å². The van der Waals surface area contributed by atoms with Crippen molar-refractivity contribution in [3.8, 4) is 5.88 Å². The first kappa shape index (κ1) is 18.0. The zero-order valence-electron chi connectivity index (χ0n) is 12.6. The summed E-state index contributed by atoms with van der Waals surface area (Å²) in [5.41, 5.74) is 6.01. The minimum absolute atomic E-state index is 0.138. The molecule has 25 heavy (non-hydrogen) atoms. The van der Waals surface area contributed by atoms with E-state index in [1.807, 2.05) is 0 Å². The van der Waals surface area contributed by atoms with Crippen molar-refractivity contribution in [2.75, 3.05) is 17.2 Å². The number of anilines is 2. The van der Waals surface area contributed by atoms with Crippen molar-refractivity contribution >= 4 is 23.3 Å². The fourth-order valence-electron chi connectivity index (χ4n) is 1.74. The highest BCUT2D eigenvalue weighted by Gasteiger charge is 2.28. The van der Waals surface area contributed by atoms with Crippen molar-refractivity contribution in [2.45, 2.75) is 6.18 Å². The molecule has 0 atom stereocenters. The number of halogens is 3. The van der Waals surface area contributed by atoms with E-state index in [-0.39, 0.29) is 11.4 Å². The Balaban J connectivity index is 1.95. The van der Waals surface area contributed by atoms with Gasteiger partial charge in [0, 0.05) is 23.6 Å². The molecule has 0 saturated carbocycles. The lowest BCUT2D eigenvalue weighted by Gasteiger charge is -2.09. The summed E-state index contributed by atoms with van der Waals surface area (Å²) >= 11 is 0. The Morgan fingerprint density at radius 1 is 1.04 bits per heavy atom. The number of primary amides is 1. The maximum absolute atomic E-state index is 12.0. The van der Waals surface area contributed by atoms with Crippen molar-refractivity contribution in [2.24, 2.45) is 5.73 Å². The smallest absolute Gasteiger partial charge is 0.422 e. The Bertz CT molecular complexity index is 746. The number of alkyl halides is 3. The number of hydrogen-bond acceptors (Lipinski definition) is 4. The van der Waals surface area contributed by atoms with Gasteiger partial charge in [0.1, 0.15) is 0 Å². The van der Waals surface area contributed by atoms with Crippen LogP contribution in [0.1, 0.15) is 10.4 Å². The lowest BCUT2D eigenvalue weighted by Crippen LogP contribution is -2.20. The fourth-order valence-corrected chi connectivity index (χ4v) is 1.74. The van der Waals surface area contributed by atoms with Crippen molar-refractivity contribution in [3.05, 3.63) is 48.2 Å². The number of nitrogens with one attached hydrogen (secondary N) is 2. The molecule has 0 spiro atoms. The number of pyridine rings is 1. The van der Waals surface area contributed by atoms with Crippen LogP contribution in [0.5, 0.6) is 5.88 Å². The normalized spacial score (nSPS) is 10.8. The van der Waals surface area contributed by atoms with Crippen LogP contribution in [0.3, 0.4) is 0 Å². The highest BCUT2D eigenvalue weighted by Crippen LogP contribution is 2.18. The van der Waals surface area contributed by atoms with E-state index in [9.17, 15) is 22.8 Å². The van der Waals surface area contributed by atoms with E-state index in [4.69, 9.17) is 5.73 Å². The van der Waals surface area contributed by atoms with E-state index < -0.39 is 24.7 Å². The third kappa shape index (κ3) is 6.01. The van der Waals surface area contributed by atoms with Crippen LogP contribution in [-0.4, -0.2) is 29.7 Å². The average molecular weight is 354 g/mol. The number of carbonyl (C=O) groups is 2. The molecule has 4 N–H and O–H groups in total. The van der Waals surface area contributed by atoms with Crippen LogP contribution in [-0.2, 0) is 0 Å². The van der Waals surface area contributed by atoms with E-state index >= 15 is 0 Å². The molecular weight excluding hydrogens is 341 g/mol. The minimum atomic E-state index is -4.47. The molecule has 7 nitrogen and oxygen atoms in total. The second kappa shape index (κ2) is 7.51. The van der Waals surface area contributed by atoms with Gasteiger partial charge in [0.25, 0.3) is 5.91 Å². The van der Waals surface area contributed by atoms with Gasteiger partial charge >= 0.3 is 12.2 Å². The minimum Gasteiger partial charge on any atom is -0.468 e. The molecule has 0 aliphatic rings. The number of urea groups is 1. The predicted molar refractivity (Wildman–Crippen MR) is 83.4 cm³/mol. The molecule has 3 amide bonds. The van der Waals surface area contributed by atoms with Gasteiger partial charge in [-0.15, -0.1) is 0 Å². The predicted octanol–water partition coefficient (Wildman–Crippen LogP) is 2.77. The zero-order chi connectivity index (χ0) is 18.4. The molecule has 2 aromatic rings. The number of rotatable bonds is 5. The summed E-state index contributed by atoms with van der Waals surface area (Å²) in [4.78, 5) is 26.4. The van der Waals surface area contributed by atoms with Crippen molar-refractivity contribution in [3.63, 3.8) is 0 Å². The van der Waals surface area contributed by atoms with E-state index in [1.54, 1.807) is 0 Å². The van der Waals surface area contributed by atoms with E-state index in [0.29, 0.717) is 11.4 Å². The second-order valence-electron chi connectivity index (χ2n) is 4.81. The molecule has 0 fully saturated rings. The molecule has 0 aliphatic heterocycles. The van der Waals surface area contributed by atoms with Gasteiger partial charge in [-0.1, -0.05) is 0 Å². The zero-order valence-corrected chi connectivity index (χ0v) is 12.6. The molecule has 0 aliphatic carbocycles. The first-order valence-electron chi connectivity index (χ1n) is 6.86. The molecule has 1 aromatic heterocycles. The number of benzene rings is 1. The van der Waals surface area contributed by atoms with Crippen molar-refractivity contribution in [1.29, 1.82) is 0 Å². The summed E-state index contributed by atoms with van der Waals surface area (Å²) in [6.45, 7) is -1.46. The first-order valence-corrected chi connectivity index (χ1v) is 6.86. The number of carbonyl (C=O) groups excluding carboxylic acids is 2. The number of amides is 3. The lowest BCUT2D eigenvalue weighted by molar-refractivity contribution is -0.154. The Morgan fingerprint density at radius 2 is 1.64 bits per heavy atom. The van der Waals surface area contributed by atoms with Crippen molar-refractivity contribution < 1.29 is 27.5 Å². The van der Waals surface area contributed by atoms with Crippen LogP contribution in [0.25, 0.3) is 0 Å². The summed E-state index contributed by atoms with van der Waals surface area (Å²) in [6, 6.07) is 7.89. The van der Waals surface area contributed by atoms with Gasteiger partial charge in [-0.05, 0) is 30.3 Å². The van der Waals surface area contributed by atoms with Crippen LogP contribution in [0.15, 0.2) is 42.6 Å². The number of nitrogens with zero attached hydrogens (tertiary/aromatic N) is 1. The third-order valence-corrected chi connectivity index (χ3v) is 2.79. The average Bonchev–Trinajstić information content (AvgIpc) is 2.54. The maximum Gasteiger partial charge on any atom is 0.422 e. The Labute approximate surface area is 140 Å². The molecule has 0 radical (unpaired) electrons.